The first-order valence-corrected chi connectivity index (χ1v) is 8.14. The number of carboxylic acids is 1. The van der Waals surface area contributed by atoms with Gasteiger partial charge in [-0.05, 0) is 55.2 Å². The van der Waals surface area contributed by atoms with E-state index < -0.39 is 5.97 Å². The van der Waals surface area contributed by atoms with Crippen molar-refractivity contribution in [3.8, 4) is 5.75 Å². The summed E-state index contributed by atoms with van der Waals surface area (Å²) in [5, 5.41) is 9.41. The molecular weight excluding hydrogens is 332 g/mol. The van der Waals surface area contributed by atoms with Crippen LogP contribution in [0.1, 0.15) is 39.5 Å². The molecule has 0 aliphatic rings. The Hall–Kier alpha value is -3.08. The highest BCUT2D eigenvalue weighted by Gasteiger charge is 2.16. The molecule has 0 saturated heterocycles. The molecule has 2 aromatic carbocycles. The van der Waals surface area contributed by atoms with Crippen molar-refractivity contribution in [1.29, 1.82) is 0 Å². The quantitative estimate of drug-likeness (QED) is 0.459. The van der Waals surface area contributed by atoms with E-state index in [0.29, 0.717) is 16.9 Å². The number of benzene rings is 2. The fourth-order valence-electron chi connectivity index (χ4n) is 2.74. The lowest BCUT2D eigenvalue weighted by Gasteiger charge is -2.14. The molecule has 5 heteroatoms. The number of aliphatic carboxylic acids is 1. The van der Waals surface area contributed by atoms with Crippen molar-refractivity contribution in [2.75, 3.05) is 7.11 Å². The van der Waals surface area contributed by atoms with Gasteiger partial charge >= 0.3 is 5.97 Å². The smallest absolute Gasteiger partial charge is 0.339 e. The summed E-state index contributed by atoms with van der Waals surface area (Å²) in [6, 6.07) is 10.8. The molecule has 0 unspecified atom stereocenters. The zero-order valence-electron chi connectivity index (χ0n) is 15.3. The monoisotopic (exact) mass is 354 g/mol. The molecule has 2 aromatic rings. The molecule has 0 spiro atoms. The van der Waals surface area contributed by atoms with E-state index in [4.69, 9.17) is 9.47 Å². The summed E-state index contributed by atoms with van der Waals surface area (Å²) in [6.07, 6.45) is 1.21. The standard InChI is InChI=1S/C21H22O5/c1-13-10-20(14(2)9-18(13)15(3)22)26-11-16-7-5-6-8-17(16)19(12-25-4)21(23)24/h5-10,12H,11H2,1-4H3,(H,23,24). The molecule has 0 aromatic heterocycles. The molecule has 136 valence electrons. The first kappa shape index (κ1) is 19.2. The van der Waals surface area contributed by atoms with E-state index in [9.17, 15) is 14.7 Å². The second-order valence-electron chi connectivity index (χ2n) is 6.01. The number of carbonyl (C=O) groups is 2. The van der Waals surface area contributed by atoms with Gasteiger partial charge in [-0.15, -0.1) is 0 Å². The van der Waals surface area contributed by atoms with Gasteiger partial charge in [0.05, 0.1) is 13.4 Å². The van der Waals surface area contributed by atoms with Gasteiger partial charge in [-0.25, -0.2) is 4.79 Å². The van der Waals surface area contributed by atoms with Crippen LogP contribution in [0.4, 0.5) is 0 Å². The van der Waals surface area contributed by atoms with Crippen molar-refractivity contribution in [1.82, 2.24) is 0 Å². The number of rotatable bonds is 7. The van der Waals surface area contributed by atoms with Gasteiger partial charge in [0.2, 0.25) is 0 Å². The molecule has 5 nitrogen and oxygen atoms in total. The van der Waals surface area contributed by atoms with Crippen molar-refractivity contribution in [3.05, 3.63) is 70.5 Å². The van der Waals surface area contributed by atoms with Crippen LogP contribution in [0, 0.1) is 13.8 Å². The Labute approximate surface area is 152 Å². The molecule has 0 bridgehead atoms. The molecule has 0 amide bonds. The zero-order chi connectivity index (χ0) is 19.3. The van der Waals surface area contributed by atoms with Crippen LogP contribution >= 0.6 is 0 Å². The van der Waals surface area contributed by atoms with Crippen molar-refractivity contribution >= 4 is 17.3 Å². The topological polar surface area (TPSA) is 72.8 Å². The van der Waals surface area contributed by atoms with Crippen molar-refractivity contribution in [2.24, 2.45) is 0 Å². The Morgan fingerprint density at radius 1 is 1.08 bits per heavy atom. The number of hydrogen-bond acceptors (Lipinski definition) is 4. The van der Waals surface area contributed by atoms with Gasteiger partial charge in [0, 0.05) is 5.56 Å². The number of ether oxygens (including phenoxy) is 2. The molecule has 26 heavy (non-hydrogen) atoms. The molecule has 0 aliphatic carbocycles. The van der Waals surface area contributed by atoms with Crippen molar-refractivity contribution in [2.45, 2.75) is 27.4 Å². The van der Waals surface area contributed by atoms with Crippen LogP contribution in [0.3, 0.4) is 0 Å². The number of methoxy groups -OCH3 is 1. The van der Waals surface area contributed by atoms with E-state index >= 15 is 0 Å². The second kappa shape index (κ2) is 8.34. The lowest BCUT2D eigenvalue weighted by Crippen LogP contribution is -2.07. The molecular formula is C21H22O5. The fraction of sp³-hybridized carbons (Fsp3) is 0.238. The fourth-order valence-corrected chi connectivity index (χ4v) is 2.74. The van der Waals surface area contributed by atoms with Gasteiger partial charge in [-0.3, -0.25) is 4.79 Å². The molecule has 2 rings (SSSR count). The summed E-state index contributed by atoms with van der Waals surface area (Å²) in [5.74, 6) is -0.398. The van der Waals surface area contributed by atoms with Crippen LogP contribution in [0.25, 0.3) is 5.57 Å². The highest BCUT2D eigenvalue weighted by molar-refractivity contribution is 6.15. The van der Waals surface area contributed by atoms with E-state index in [0.717, 1.165) is 16.7 Å². The van der Waals surface area contributed by atoms with Crippen LogP contribution in [0.15, 0.2) is 42.7 Å². The van der Waals surface area contributed by atoms with Crippen molar-refractivity contribution in [3.63, 3.8) is 0 Å². The van der Waals surface area contributed by atoms with Gasteiger partial charge in [0.15, 0.2) is 5.78 Å². The summed E-state index contributed by atoms with van der Waals surface area (Å²) < 4.78 is 10.8. The van der Waals surface area contributed by atoms with Gasteiger partial charge in [-0.2, -0.15) is 0 Å². The number of carboxylic acid groups (broad SMARTS) is 1. The minimum absolute atomic E-state index is 0.0123. The van der Waals surface area contributed by atoms with Crippen LogP contribution in [-0.4, -0.2) is 24.0 Å². The zero-order valence-corrected chi connectivity index (χ0v) is 15.3. The third kappa shape index (κ3) is 4.30. The van der Waals surface area contributed by atoms with Gasteiger partial charge in [0.25, 0.3) is 0 Å². The van der Waals surface area contributed by atoms with E-state index in [1.54, 1.807) is 12.1 Å². The maximum Gasteiger partial charge on any atom is 0.339 e. The summed E-state index contributed by atoms with van der Waals surface area (Å²) in [5.41, 5.74) is 3.70. The normalized spacial score (nSPS) is 11.2. The highest BCUT2D eigenvalue weighted by atomic mass is 16.5. The molecule has 0 heterocycles. The highest BCUT2D eigenvalue weighted by Crippen LogP contribution is 2.26. The number of aryl methyl sites for hydroxylation is 2. The Balaban J connectivity index is 2.31. The van der Waals surface area contributed by atoms with Crippen LogP contribution in [0.5, 0.6) is 5.75 Å². The average molecular weight is 354 g/mol. The predicted octanol–water partition coefficient (Wildman–Crippen LogP) is 4.16. The van der Waals surface area contributed by atoms with E-state index in [1.807, 2.05) is 38.1 Å². The Morgan fingerprint density at radius 2 is 1.77 bits per heavy atom. The van der Waals surface area contributed by atoms with Gasteiger partial charge in [0.1, 0.15) is 17.9 Å². The van der Waals surface area contributed by atoms with Crippen LogP contribution in [-0.2, 0) is 16.1 Å². The molecule has 0 radical (unpaired) electrons. The maximum absolute atomic E-state index is 11.6. The first-order chi connectivity index (χ1) is 12.3. The minimum Gasteiger partial charge on any atom is -0.503 e. The van der Waals surface area contributed by atoms with E-state index in [1.165, 1.54) is 20.3 Å². The third-order valence-electron chi connectivity index (χ3n) is 4.06. The molecule has 0 fully saturated rings. The van der Waals surface area contributed by atoms with E-state index in [2.05, 4.69) is 0 Å². The predicted molar refractivity (Wildman–Crippen MR) is 99.3 cm³/mol. The Bertz CT molecular complexity index is 865. The van der Waals surface area contributed by atoms with Crippen LogP contribution in [0.2, 0.25) is 0 Å². The number of carbonyl (C=O) groups excluding carboxylic acids is 1. The maximum atomic E-state index is 11.6. The number of hydrogen-bond donors (Lipinski definition) is 1. The van der Waals surface area contributed by atoms with E-state index in [-0.39, 0.29) is 18.0 Å². The average Bonchev–Trinajstić information content (AvgIpc) is 2.60. The summed E-state index contributed by atoms with van der Waals surface area (Å²) >= 11 is 0. The SMILES string of the molecule is COC=C(C(=O)O)c1ccccc1COc1cc(C)c(C(C)=O)cc1C. The molecule has 0 atom stereocenters. The number of ketones is 1. The largest absolute Gasteiger partial charge is 0.503 e. The second-order valence-corrected chi connectivity index (χ2v) is 6.01. The molecule has 1 N–H and O–H groups in total. The lowest BCUT2D eigenvalue weighted by molar-refractivity contribution is -0.130. The molecule has 0 saturated carbocycles. The summed E-state index contributed by atoms with van der Waals surface area (Å²) in [4.78, 5) is 23.1. The van der Waals surface area contributed by atoms with Crippen LogP contribution < -0.4 is 4.74 Å². The Kier molecular flexibility index (Phi) is 6.17. The number of Topliss-reactive ketones (excluding diaryl/α,β-unsaturated/α-hetero) is 1. The summed E-state index contributed by atoms with van der Waals surface area (Å²) in [7, 11) is 1.41. The van der Waals surface area contributed by atoms with Crippen molar-refractivity contribution < 1.29 is 24.2 Å². The summed E-state index contributed by atoms with van der Waals surface area (Å²) in [6.45, 7) is 5.47. The first-order valence-electron chi connectivity index (χ1n) is 8.14. The molecule has 0 aliphatic heterocycles. The minimum atomic E-state index is -1.07. The Morgan fingerprint density at radius 3 is 2.38 bits per heavy atom. The van der Waals surface area contributed by atoms with Gasteiger partial charge < -0.3 is 14.6 Å². The third-order valence-corrected chi connectivity index (χ3v) is 4.06. The lowest BCUT2D eigenvalue weighted by atomic mass is 10.0. The van der Waals surface area contributed by atoms with Gasteiger partial charge in [-0.1, -0.05) is 24.3 Å².